The number of alkyl halides is 1. The van der Waals surface area contributed by atoms with Gasteiger partial charge in [0.05, 0.1) is 0 Å². The van der Waals surface area contributed by atoms with Crippen molar-refractivity contribution in [2.24, 2.45) is 0 Å². The van der Waals surface area contributed by atoms with E-state index in [4.69, 9.17) is 16.3 Å². The highest BCUT2D eigenvalue weighted by Crippen LogP contribution is 2.07. The van der Waals surface area contributed by atoms with E-state index < -0.39 is 23.7 Å². The van der Waals surface area contributed by atoms with Gasteiger partial charge >= 0.3 is 12.1 Å². The van der Waals surface area contributed by atoms with Gasteiger partial charge in [-0.25, -0.2) is 9.59 Å². The van der Waals surface area contributed by atoms with Crippen molar-refractivity contribution in [3.63, 3.8) is 0 Å². The van der Waals surface area contributed by atoms with E-state index in [1.165, 1.54) is 0 Å². The van der Waals surface area contributed by atoms with E-state index >= 15 is 0 Å². The number of alkyl carbamates (subject to hydrolysis) is 1. The van der Waals surface area contributed by atoms with Crippen molar-refractivity contribution in [3.05, 3.63) is 0 Å². The Morgan fingerprint density at radius 2 is 1.89 bits per heavy atom. The summed E-state index contributed by atoms with van der Waals surface area (Å²) in [5, 5.41) is 2.45. The number of nitrogens with zero attached hydrogens (tertiary/aromatic N) is 1. The van der Waals surface area contributed by atoms with Crippen LogP contribution in [-0.2, 0) is 14.3 Å². The second-order valence-electron chi connectivity index (χ2n) is 5.03. The van der Waals surface area contributed by atoms with E-state index in [1.54, 1.807) is 39.8 Å². The van der Waals surface area contributed by atoms with Crippen molar-refractivity contribution < 1.29 is 19.1 Å². The first-order valence-corrected chi connectivity index (χ1v) is 6.06. The molecular formula is C11H21ClN2O4. The first kappa shape index (κ1) is 17.0. The zero-order chi connectivity index (χ0) is 14.3. The van der Waals surface area contributed by atoms with Crippen LogP contribution in [0.1, 0.15) is 20.8 Å². The number of halogens is 1. The summed E-state index contributed by atoms with van der Waals surface area (Å²) in [7, 11) is 3.55. The molecule has 1 atom stereocenters. The van der Waals surface area contributed by atoms with Crippen molar-refractivity contribution in [1.82, 2.24) is 10.2 Å². The van der Waals surface area contributed by atoms with Gasteiger partial charge in [-0.15, -0.1) is 0 Å². The van der Waals surface area contributed by atoms with Gasteiger partial charge in [-0.3, -0.25) is 0 Å². The summed E-state index contributed by atoms with van der Waals surface area (Å²) in [6, 6.07) is -1.06. The molecule has 6 nitrogen and oxygen atoms in total. The van der Waals surface area contributed by atoms with Gasteiger partial charge in [0, 0.05) is 6.54 Å². The first-order valence-electron chi connectivity index (χ1n) is 5.52. The van der Waals surface area contributed by atoms with Gasteiger partial charge in [-0.1, -0.05) is 11.6 Å². The van der Waals surface area contributed by atoms with Crippen LogP contribution >= 0.6 is 11.6 Å². The molecule has 0 fully saturated rings. The van der Waals surface area contributed by atoms with Crippen LogP contribution in [0.25, 0.3) is 0 Å². The predicted octanol–water partition coefficient (Wildman–Crippen LogP) is 1.18. The van der Waals surface area contributed by atoms with Crippen molar-refractivity contribution in [3.8, 4) is 0 Å². The lowest BCUT2D eigenvalue weighted by Crippen LogP contribution is -2.49. The molecule has 0 bridgehead atoms. The van der Waals surface area contributed by atoms with Gasteiger partial charge in [-0.2, -0.15) is 0 Å². The SMILES string of the molecule is CN(C)CC(NC(=O)OC(C)(C)C)C(=O)OCCl. The van der Waals surface area contributed by atoms with Gasteiger partial charge in [0.2, 0.25) is 0 Å². The van der Waals surface area contributed by atoms with Crippen LogP contribution in [0.15, 0.2) is 0 Å². The summed E-state index contributed by atoms with van der Waals surface area (Å²) >= 11 is 5.32. The fraction of sp³-hybridized carbons (Fsp3) is 0.818. The molecule has 0 aromatic heterocycles. The number of esters is 1. The number of amides is 1. The molecule has 18 heavy (non-hydrogen) atoms. The molecule has 0 aromatic carbocycles. The quantitative estimate of drug-likeness (QED) is 0.605. The zero-order valence-corrected chi connectivity index (χ0v) is 12.2. The molecule has 0 heterocycles. The van der Waals surface area contributed by atoms with Crippen molar-refractivity contribution in [2.45, 2.75) is 32.4 Å². The molecule has 1 amide bonds. The Bertz CT molecular complexity index is 289. The molecule has 1 unspecified atom stereocenters. The van der Waals surface area contributed by atoms with Crippen molar-refractivity contribution >= 4 is 23.7 Å². The molecule has 7 heteroatoms. The number of rotatable bonds is 5. The second-order valence-corrected chi connectivity index (χ2v) is 5.25. The van der Waals surface area contributed by atoms with Gasteiger partial charge in [0.15, 0.2) is 6.07 Å². The van der Waals surface area contributed by atoms with Crippen LogP contribution in [0.2, 0.25) is 0 Å². The number of hydrogen-bond donors (Lipinski definition) is 1. The molecule has 0 rings (SSSR count). The summed E-state index contributed by atoms with van der Waals surface area (Å²) in [5.41, 5.74) is -0.622. The molecule has 0 saturated heterocycles. The number of carbonyl (C=O) groups excluding carboxylic acids is 2. The number of likely N-dealkylation sites (N-methyl/N-ethyl adjacent to an activating group) is 1. The molecule has 0 aliphatic heterocycles. The van der Waals surface area contributed by atoms with E-state index in [1.807, 2.05) is 0 Å². The smallest absolute Gasteiger partial charge is 0.408 e. The van der Waals surface area contributed by atoms with Crippen LogP contribution in [0.5, 0.6) is 0 Å². The number of hydrogen-bond acceptors (Lipinski definition) is 5. The summed E-state index contributed by atoms with van der Waals surface area (Å²) < 4.78 is 9.73. The molecule has 0 aromatic rings. The lowest BCUT2D eigenvalue weighted by molar-refractivity contribution is -0.144. The Morgan fingerprint density at radius 1 is 1.33 bits per heavy atom. The Hall–Kier alpha value is -1.01. The van der Waals surface area contributed by atoms with Crippen LogP contribution in [-0.4, -0.2) is 55.3 Å². The van der Waals surface area contributed by atoms with E-state index in [0.717, 1.165) is 0 Å². The standard InChI is InChI=1S/C11H21ClN2O4/c1-11(2,3)18-10(16)13-8(6-14(4)5)9(15)17-7-12/h8H,6-7H2,1-5H3,(H,13,16). The van der Waals surface area contributed by atoms with Crippen LogP contribution < -0.4 is 5.32 Å². The Labute approximate surface area is 113 Å². The summed E-state index contributed by atoms with van der Waals surface area (Å²) in [4.78, 5) is 24.9. The van der Waals surface area contributed by atoms with E-state index in [0.29, 0.717) is 6.54 Å². The predicted molar refractivity (Wildman–Crippen MR) is 68.5 cm³/mol. The average molecular weight is 281 g/mol. The topological polar surface area (TPSA) is 67.9 Å². The Balaban J connectivity index is 4.49. The minimum atomic E-state index is -0.811. The van der Waals surface area contributed by atoms with Gasteiger partial charge < -0.3 is 19.7 Å². The van der Waals surface area contributed by atoms with Gasteiger partial charge in [0.25, 0.3) is 0 Å². The molecule has 106 valence electrons. The largest absolute Gasteiger partial charge is 0.448 e. The van der Waals surface area contributed by atoms with E-state index in [-0.39, 0.29) is 6.07 Å². The second kappa shape index (κ2) is 7.43. The van der Waals surface area contributed by atoms with Crippen molar-refractivity contribution in [2.75, 3.05) is 26.7 Å². The third kappa shape index (κ3) is 8.14. The minimum Gasteiger partial charge on any atom is -0.448 e. The molecule has 0 spiro atoms. The fourth-order valence-corrected chi connectivity index (χ4v) is 1.26. The van der Waals surface area contributed by atoms with Crippen LogP contribution in [0.3, 0.4) is 0 Å². The monoisotopic (exact) mass is 280 g/mol. The third-order valence-corrected chi connectivity index (χ3v) is 1.83. The van der Waals surface area contributed by atoms with Crippen molar-refractivity contribution in [1.29, 1.82) is 0 Å². The van der Waals surface area contributed by atoms with E-state index in [2.05, 4.69) is 10.1 Å². The number of ether oxygens (including phenoxy) is 2. The summed E-state index contributed by atoms with van der Waals surface area (Å²) in [6.07, 6.45) is -0.666. The summed E-state index contributed by atoms with van der Waals surface area (Å²) in [6.45, 7) is 5.52. The maximum absolute atomic E-state index is 11.6. The lowest BCUT2D eigenvalue weighted by Gasteiger charge is -2.24. The molecule has 0 radical (unpaired) electrons. The highest BCUT2D eigenvalue weighted by atomic mass is 35.5. The van der Waals surface area contributed by atoms with Crippen LogP contribution in [0, 0.1) is 0 Å². The average Bonchev–Trinajstić information content (AvgIpc) is 2.13. The molecule has 0 aliphatic carbocycles. The Morgan fingerprint density at radius 3 is 2.28 bits per heavy atom. The third-order valence-electron chi connectivity index (χ3n) is 1.72. The van der Waals surface area contributed by atoms with E-state index in [9.17, 15) is 9.59 Å². The molecule has 1 N–H and O–H groups in total. The van der Waals surface area contributed by atoms with Gasteiger partial charge in [0.1, 0.15) is 11.6 Å². The molecule has 0 aliphatic rings. The number of carbonyl (C=O) groups is 2. The molecular weight excluding hydrogens is 260 g/mol. The zero-order valence-electron chi connectivity index (χ0n) is 11.4. The normalized spacial score (nSPS) is 13.1. The van der Waals surface area contributed by atoms with Gasteiger partial charge in [-0.05, 0) is 34.9 Å². The highest BCUT2D eigenvalue weighted by Gasteiger charge is 2.25. The minimum absolute atomic E-state index is 0.251. The van der Waals surface area contributed by atoms with Crippen LogP contribution in [0.4, 0.5) is 4.79 Å². The molecule has 0 saturated carbocycles. The number of nitrogens with one attached hydrogen (secondary N) is 1. The highest BCUT2D eigenvalue weighted by molar-refractivity contribution is 6.17. The Kier molecular flexibility index (Phi) is 7.01. The maximum atomic E-state index is 11.6. The maximum Gasteiger partial charge on any atom is 0.408 e. The fourth-order valence-electron chi connectivity index (χ4n) is 1.15. The summed E-state index contributed by atoms with van der Waals surface area (Å²) in [5.74, 6) is -0.593. The first-order chi connectivity index (χ1) is 8.15. The lowest BCUT2D eigenvalue weighted by atomic mass is 10.2.